The number of aromatic nitrogens is 2. The molecule has 0 N–H and O–H groups in total. The van der Waals surface area contributed by atoms with E-state index >= 15 is 0 Å². The Labute approximate surface area is 190 Å². The van der Waals surface area contributed by atoms with Gasteiger partial charge in [-0.3, -0.25) is 0 Å². The van der Waals surface area contributed by atoms with Gasteiger partial charge in [-0.05, 0) is 18.2 Å². The molecule has 158 valence electrons. The van der Waals surface area contributed by atoms with Crippen molar-refractivity contribution in [3.63, 3.8) is 0 Å². The standard InChI is InChI=1S/C20H17BrCl2FN3O3/c1-29-20(28)26-4-5-30-13(10-26)9-16-19(18-14(23)6-11(21)7-15(18)24)25-17-8-12(22)2-3-27(16)17/h2-3,6-8,13H,4-5,9-10H2,1H3/t13-/m0/s1. The molecule has 4 rings (SSSR count). The van der Waals surface area contributed by atoms with Gasteiger partial charge < -0.3 is 18.8 Å². The van der Waals surface area contributed by atoms with E-state index in [4.69, 9.17) is 32.7 Å². The van der Waals surface area contributed by atoms with Gasteiger partial charge in [0.1, 0.15) is 11.5 Å². The number of fused-ring (bicyclic) bond motifs is 1. The van der Waals surface area contributed by atoms with Crippen LogP contribution in [0.2, 0.25) is 10.0 Å². The molecule has 10 heteroatoms. The van der Waals surface area contributed by atoms with Crippen LogP contribution in [0.3, 0.4) is 0 Å². The summed E-state index contributed by atoms with van der Waals surface area (Å²) in [5.41, 5.74) is 1.88. The highest BCUT2D eigenvalue weighted by molar-refractivity contribution is 9.10. The first-order valence-corrected chi connectivity index (χ1v) is 10.7. The predicted molar refractivity (Wildman–Crippen MR) is 116 cm³/mol. The molecule has 1 atom stereocenters. The average molecular weight is 517 g/mol. The Balaban J connectivity index is 1.79. The zero-order valence-corrected chi connectivity index (χ0v) is 19.0. The summed E-state index contributed by atoms with van der Waals surface area (Å²) >= 11 is 15.8. The molecule has 0 saturated carbocycles. The molecule has 0 spiro atoms. The highest BCUT2D eigenvalue weighted by Crippen LogP contribution is 2.36. The second-order valence-electron chi connectivity index (χ2n) is 6.84. The van der Waals surface area contributed by atoms with Crippen molar-refractivity contribution in [3.8, 4) is 11.3 Å². The Morgan fingerprint density at radius 1 is 1.40 bits per heavy atom. The van der Waals surface area contributed by atoms with Crippen molar-refractivity contribution in [2.75, 3.05) is 26.8 Å². The third kappa shape index (κ3) is 4.14. The van der Waals surface area contributed by atoms with Crippen LogP contribution in [-0.2, 0) is 15.9 Å². The predicted octanol–water partition coefficient (Wildman–Crippen LogP) is 5.22. The molecular formula is C20H17BrCl2FN3O3. The maximum Gasteiger partial charge on any atom is 0.409 e. The van der Waals surface area contributed by atoms with Crippen LogP contribution in [0, 0.1) is 5.82 Å². The Kier molecular flexibility index (Phi) is 6.20. The first kappa shape index (κ1) is 21.4. The van der Waals surface area contributed by atoms with Crippen LogP contribution in [0.1, 0.15) is 5.69 Å². The third-order valence-electron chi connectivity index (χ3n) is 4.92. The highest BCUT2D eigenvalue weighted by atomic mass is 79.9. The molecule has 6 nitrogen and oxygen atoms in total. The van der Waals surface area contributed by atoms with Crippen LogP contribution in [0.25, 0.3) is 16.9 Å². The van der Waals surface area contributed by atoms with Crippen molar-refractivity contribution in [2.45, 2.75) is 12.5 Å². The van der Waals surface area contributed by atoms with Gasteiger partial charge in [-0.25, -0.2) is 14.2 Å². The van der Waals surface area contributed by atoms with Crippen LogP contribution in [0.4, 0.5) is 9.18 Å². The lowest BCUT2D eigenvalue weighted by Crippen LogP contribution is -2.46. The van der Waals surface area contributed by atoms with Crippen molar-refractivity contribution >= 4 is 50.9 Å². The molecule has 1 saturated heterocycles. The van der Waals surface area contributed by atoms with Crippen LogP contribution in [0.15, 0.2) is 34.9 Å². The van der Waals surface area contributed by atoms with Crippen molar-refractivity contribution < 1.29 is 18.7 Å². The number of methoxy groups -OCH3 is 1. The number of imidazole rings is 1. The second kappa shape index (κ2) is 8.70. The van der Waals surface area contributed by atoms with Crippen molar-refractivity contribution in [2.24, 2.45) is 0 Å². The number of hydrogen-bond donors (Lipinski definition) is 0. The van der Waals surface area contributed by atoms with E-state index < -0.39 is 11.9 Å². The molecule has 1 aliphatic rings. The van der Waals surface area contributed by atoms with E-state index in [0.29, 0.717) is 52.6 Å². The van der Waals surface area contributed by atoms with Gasteiger partial charge in [0.05, 0.1) is 48.3 Å². The van der Waals surface area contributed by atoms with Gasteiger partial charge in [0.15, 0.2) is 0 Å². The molecule has 1 amide bonds. The SMILES string of the molecule is COC(=O)N1CCO[C@@H](Cc2c(-c3c(F)cc(Br)cc3Cl)nc3cc(Cl)ccn23)C1. The summed E-state index contributed by atoms with van der Waals surface area (Å²) in [7, 11) is 1.34. The van der Waals surface area contributed by atoms with E-state index in [1.165, 1.54) is 13.2 Å². The van der Waals surface area contributed by atoms with Crippen molar-refractivity contribution in [1.82, 2.24) is 14.3 Å². The number of pyridine rings is 1. The maximum absolute atomic E-state index is 14.9. The summed E-state index contributed by atoms with van der Waals surface area (Å²) in [6.07, 6.45) is 1.44. The first-order valence-electron chi connectivity index (χ1n) is 9.13. The Hall–Kier alpha value is -1.87. The summed E-state index contributed by atoms with van der Waals surface area (Å²) in [5, 5.41) is 0.747. The summed E-state index contributed by atoms with van der Waals surface area (Å²) in [6.45, 7) is 1.18. The number of amides is 1. The number of ether oxygens (including phenoxy) is 2. The quantitative estimate of drug-likeness (QED) is 0.479. The number of carbonyl (C=O) groups excluding carboxylic acids is 1. The van der Waals surface area contributed by atoms with Gasteiger partial charge in [0.25, 0.3) is 0 Å². The van der Waals surface area contributed by atoms with Gasteiger partial charge in [0, 0.05) is 34.7 Å². The van der Waals surface area contributed by atoms with Gasteiger partial charge >= 0.3 is 6.09 Å². The molecule has 1 aliphatic heterocycles. The molecule has 0 unspecified atom stereocenters. The largest absolute Gasteiger partial charge is 0.453 e. The minimum atomic E-state index is -0.495. The van der Waals surface area contributed by atoms with E-state index in [-0.39, 0.29) is 16.7 Å². The van der Waals surface area contributed by atoms with Crippen LogP contribution in [-0.4, -0.2) is 53.3 Å². The fourth-order valence-electron chi connectivity index (χ4n) is 3.59. The fourth-order valence-corrected chi connectivity index (χ4v) is 4.60. The van der Waals surface area contributed by atoms with Crippen LogP contribution < -0.4 is 0 Å². The van der Waals surface area contributed by atoms with Gasteiger partial charge in [-0.15, -0.1) is 0 Å². The minimum Gasteiger partial charge on any atom is -0.453 e. The third-order valence-corrected chi connectivity index (χ3v) is 5.91. The lowest BCUT2D eigenvalue weighted by Gasteiger charge is -2.32. The number of carbonyl (C=O) groups is 1. The van der Waals surface area contributed by atoms with E-state index in [9.17, 15) is 9.18 Å². The summed E-state index contributed by atoms with van der Waals surface area (Å²) in [4.78, 5) is 18.1. The molecule has 3 aromatic rings. The second-order valence-corrected chi connectivity index (χ2v) is 8.60. The fraction of sp³-hybridized carbons (Fsp3) is 0.300. The van der Waals surface area contributed by atoms with E-state index in [1.807, 2.05) is 4.40 Å². The summed E-state index contributed by atoms with van der Waals surface area (Å²) in [5.74, 6) is -0.495. The Morgan fingerprint density at radius 2 is 2.20 bits per heavy atom. The highest BCUT2D eigenvalue weighted by Gasteiger charge is 2.28. The average Bonchev–Trinajstić information content (AvgIpc) is 3.03. The number of rotatable bonds is 3. The maximum atomic E-state index is 14.9. The van der Waals surface area contributed by atoms with E-state index in [1.54, 1.807) is 29.3 Å². The van der Waals surface area contributed by atoms with Gasteiger partial charge in [-0.1, -0.05) is 39.1 Å². The van der Waals surface area contributed by atoms with Crippen molar-refractivity contribution in [1.29, 1.82) is 0 Å². The van der Waals surface area contributed by atoms with E-state index in [2.05, 4.69) is 20.9 Å². The molecule has 0 radical (unpaired) electrons. The number of halogens is 4. The lowest BCUT2D eigenvalue weighted by atomic mass is 10.0. The monoisotopic (exact) mass is 515 g/mol. The van der Waals surface area contributed by atoms with Crippen LogP contribution in [0.5, 0.6) is 0 Å². The minimum absolute atomic E-state index is 0.204. The summed E-state index contributed by atoms with van der Waals surface area (Å²) in [6, 6.07) is 6.39. The zero-order valence-electron chi connectivity index (χ0n) is 15.9. The molecule has 3 heterocycles. The van der Waals surface area contributed by atoms with Gasteiger partial charge in [-0.2, -0.15) is 0 Å². The Bertz CT molecular complexity index is 1100. The number of morpholine rings is 1. The molecule has 0 aliphatic carbocycles. The Morgan fingerprint density at radius 3 is 2.93 bits per heavy atom. The normalized spacial score (nSPS) is 16.8. The number of benzene rings is 1. The topological polar surface area (TPSA) is 56.1 Å². The first-order chi connectivity index (χ1) is 14.4. The molecule has 1 aromatic carbocycles. The molecule has 30 heavy (non-hydrogen) atoms. The lowest BCUT2D eigenvalue weighted by molar-refractivity contribution is -0.0241. The molecule has 1 fully saturated rings. The number of hydrogen-bond acceptors (Lipinski definition) is 4. The summed E-state index contributed by atoms with van der Waals surface area (Å²) < 4.78 is 27.9. The molecule has 2 aromatic heterocycles. The van der Waals surface area contributed by atoms with Gasteiger partial charge in [0.2, 0.25) is 0 Å². The molecule has 0 bridgehead atoms. The van der Waals surface area contributed by atoms with Crippen LogP contribution >= 0.6 is 39.1 Å². The number of nitrogens with zero attached hydrogens (tertiary/aromatic N) is 3. The zero-order chi connectivity index (χ0) is 21.4. The van der Waals surface area contributed by atoms with E-state index in [0.717, 1.165) is 0 Å². The van der Waals surface area contributed by atoms with Crippen molar-refractivity contribution in [3.05, 3.63) is 56.5 Å². The smallest absolute Gasteiger partial charge is 0.409 e. The molecular weight excluding hydrogens is 500 g/mol.